The second-order valence-electron chi connectivity index (χ2n) is 15.3. The van der Waals surface area contributed by atoms with Gasteiger partial charge in [0.05, 0.1) is 16.8 Å². The Labute approximate surface area is 343 Å². The van der Waals surface area contributed by atoms with Gasteiger partial charge in [-0.25, -0.2) is 9.97 Å². The van der Waals surface area contributed by atoms with E-state index in [1.807, 2.05) is 30.1 Å². The van der Waals surface area contributed by atoms with Crippen LogP contribution in [-0.2, 0) is 5.41 Å². The first kappa shape index (κ1) is 34.4. The van der Waals surface area contributed by atoms with E-state index in [1.54, 1.807) is 0 Å². The van der Waals surface area contributed by atoms with Crippen molar-refractivity contribution in [2.75, 3.05) is 0 Å². The second kappa shape index (κ2) is 13.7. The van der Waals surface area contributed by atoms with E-state index in [9.17, 15) is 0 Å². The molecule has 4 heteroatoms. The molecule has 9 aromatic rings. The van der Waals surface area contributed by atoms with Crippen molar-refractivity contribution in [3.05, 3.63) is 222 Å². The van der Waals surface area contributed by atoms with Crippen LogP contribution in [0.3, 0.4) is 0 Å². The lowest BCUT2D eigenvalue weighted by Gasteiger charge is -2.39. The number of pyridine rings is 1. The Morgan fingerprint density at radius 3 is 1.84 bits per heavy atom. The number of hydrogen-bond donors (Lipinski definition) is 0. The zero-order chi connectivity index (χ0) is 38.8. The van der Waals surface area contributed by atoms with Crippen molar-refractivity contribution in [1.82, 2.24) is 15.0 Å². The predicted molar refractivity (Wildman–Crippen MR) is 238 cm³/mol. The van der Waals surface area contributed by atoms with Crippen LogP contribution in [0, 0.1) is 13.8 Å². The number of aryl methyl sites for hydroxylation is 2. The van der Waals surface area contributed by atoms with Gasteiger partial charge in [0.25, 0.3) is 0 Å². The summed E-state index contributed by atoms with van der Waals surface area (Å²) < 4.78 is 0. The smallest absolute Gasteiger partial charge is 0.160 e. The summed E-state index contributed by atoms with van der Waals surface area (Å²) in [5.41, 5.74) is 19.2. The fraction of sp³-hybridized carbons (Fsp3) is 0.0556. The summed E-state index contributed by atoms with van der Waals surface area (Å²) in [6.45, 7) is 4.17. The highest BCUT2D eigenvalue weighted by molar-refractivity contribution is 7.99. The summed E-state index contributed by atoms with van der Waals surface area (Å²) in [4.78, 5) is 17.4. The summed E-state index contributed by atoms with van der Waals surface area (Å²) in [6.07, 6.45) is 1.88. The van der Waals surface area contributed by atoms with Crippen LogP contribution in [0.4, 0.5) is 0 Å². The summed E-state index contributed by atoms with van der Waals surface area (Å²) >= 11 is 1.87. The Morgan fingerprint density at radius 2 is 1.07 bits per heavy atom. The molecular formula is C54H37N3S. The first-order chi connectivity index (χ1) is 28.5. The van der Waals surface area contributed by atoms with Gasteiger partial charge >= 0.3 is 0 Å². The highest BCUT2D eigenvalue weighted by Gasteiger charge is 2.51. The third kappa shape index (κ3) is 5.48. The number of fused-ring (bicyclic) bond motifs is 9. The van der Waals surface area contributed by atoms with Crippen LogP contribution in [0.2, 0.25) is 0 Å². The summed E-state index contributed by atoms with van der Waals surface area (Å²) in [7, 11) is 0. The average Bonchev–Trinajstić information content (AvgIpc) is 3.57. The number of rotatable bonds is 5. The average molecular weight is 760 g/mol. The van der Waals surface area contributed by atoms with Crippen molar-refractivity contribution >= 4 is 11.8 Å². The van der Waals surface area contributed by atoms with Crippen LogP contribution in [-0.4, -0.2) is 15.0 Å². The maximum absolute atomic E-state index is 5.18. The standard InChI is InChI=1S/C54H37N3S/c1-34-28-29-55-48(30-34)40-15-10-14-39(32-40)36-22-24-37(25-23-36)42-16-11-19-46-52(42)43-27-26-41(53-56-35(2)31-49(57-53)38-12-4-3-5-13-38)33-47(43)54(46)44-17-6-8-20-50(44)58-51-21-9-7-18-45(51)54/h3-33H,1-2H3. The normalized spacial score (nSPS) is 13.1. The van der Waals surface area contributed by atoms with Gasteiger partial charge in [-0.05, 0) is 118 Å². The van der Waals surface area contributed by atoms with Crippen LogP contribution < -0.4 is 0 Å². The van der Waals surface area contributed by atoms with E-state index in [-0.39, 0.29) is 0 Å². The van der Waals surface area contributed by atoms with E-state index in [0.29, 0.717) is 0 Å². The molecule has 0 atom stereocenters. The fourth-order valence-electron chi connectivity index (χ4n) is 9.18. The largest absolute Gasteiger partial charge is 0.256 e. The number of nitrogens with zero attached hydrogens (tertiary/aromatic N) is 3. The van der Waals surface area contributed by atoms with Gasteiger partial charge < -0.3 is 0 Å². The molecule has 0 amide bonds. The molecule has 0 saturated carbocycles. The van der Waals surface area contributed by atoms with Crippen molar-refractivity contribution in [3.8, 4) is 67.3 Å². The molecule has 0 fully saturated rings. The predicted octanol–water partition coefficient (Wildman–Crippen LogP) is 13.7. The molecule has 0 unspecified atom stereocenters. The highest BCUT2D eigenvalue weighted by atomic mass is 32.2. The van der Waals surface area contributed by atoms with Crippen molar-refractivity contribution in [3.63, 3.8) is 0 Å². The summed E-state index contributed by atoms with van der Waals surface area (Å²) in [6, 6.07) is 66.2. The number of benzene rings is 7. The van der Waals surface area contributed by atoms with E-state index in [0.717, 1.165) is 39.6 Å². The van der Waals surface area contributed by atoms with E-state index >= 15 is 0 Å². The molecule has 7 aromatic carbocycles. The lowest BCUT2D eigenvalue weighted by atomic mass is 9.67. The van der Waals surface area contributed by atoms with Gasteiger partial charge in [-0.2, -0.15) is 0 Å². The Hall–Kier alpha value is -6.88. The molecule has 0 saturated heterocycles. The van der Waals surface area contributed by atoms with Crippen LogP contribution in [0.25, 0.3) is 67.3 Å². The lowest BCUT2D eigenvalue weighted by Crippen LogP contribution is -2.32. The summed E-state index contributed by atoms with van der Waals surface area (Å²) in [5, 5.41) is 0. The molecule has 11 rings (SSSR count). The van der Waals surface area contributed by atoms with E-state index < -0.39 is 5.41 Å². The van der Waals surface area contributed by atoms with Gasteiger partial charge in [-0.15, -0.1) is 0 Å². The third-order valence-corrected chi connectivity index (χ3v) is 12.9. The molecular weight excluding hydrogens is 723 g/mol. The van der Waals surface area contributed by atoms with Crippen molar-refractivity contribution < 1.29 is 0 Å². The topological polar surface area (TPSA) is 38.7 Å². The van der Waals surface area contributed by atoms with Crippen LogP contribution in [0.15, 0.2) is 198 Å². The van der Waals surface area contributed by atoms with E-state index in [4.69, 9.17) is 9.97 Å². The van der Waals surface area contributed by atoms with Gasteiger partial charge in [-0.1, -0.05) is 151 Å². The van der Waals surface area contributed by atoms with E-state index in [2.05, 4.69) is 189 Å². The minimum absolute atomic E-state index is 0.536. The molecule has 274 valence electrons. The fourth-order valence-corrected chi connectivity index (χ4v) is 10.4. The van der Waals surface area contributed by atoms with Gasteiger partial charge in [0.1, 0.15) is 0 Å². The minimum Gasteiger partial charge on any atom is -0.256 e. The molecule has 0 radical (unpaired) electrons. The lowest BCUT2D eigenvalue weighted by molar-refractivity contribution is 0.722. The maximum Gasteiger partial charge on any atom is 0.160 e. The zero-order valence-corrected chi connectivity index (χ0v) is 33.0. The van der Waals surface area contributed by atoms with Gasteiger partial charge in [0.15, 0.2) is 5.82 Å². The third-order valence-electron chi connectivity index (χ3n) is 11.7. The minimum atomic E-state index is -0.536. The van der Waals surface area contributed by atoms with Gasteiger partial charge in [0, 0.05) is 38.4 Å². The molecule has 3 nitrogen and oxygen atoms in total. The van der Waals surface area contributed by atoms with Crippen molar-refractivity contribution in [2.45, 2.75) is 29.1 Å². The molecule has 2 aliphatic rings. The molecule has 1 spiro atoms. The molecule has 0 N–H and O–H groups in total. The quantitative estimate of drug-likeness (QED) is 0.175. The first-order valence-corrected chi connectivity index (χ1v) is 20.6. The Bertz CT molecular complexity index is 3010. The monoisotopic (exact) mass is 759 g/mol. The number of hydrogen-bond acceptors (Lipinski definition) is 4. The molecule has 2 aromatic heterocycles. The van der Waals surface area contributed by atoms with Crippen LogP contribution in [0.1, 0.15) is 33.5 Å². The molecule has 1 aliphatic heterocycles. The van der Waals surface area contributed by atoms with E-state index in [1.165, 1.54) is 71.0 Å². The molecule has 58 heavy (non-hydrogen) atoms. The van der Waals surface area contributed by atoms with Crippen molar-refractivity contribution in [2.24, 2.45) is 0 Å². The Kier molecular flexibility index (Phi) is 8.09. The number of aromatic nitrogens is 3. The molecule has 1 aliphatic carbocycles. The zero-order valence-electron chi connectivity index (χ0n) is 32.1. The van der Waals surface area contributed by atoms with Crippen LogP contribution in [0.5, 0.6) is 0 Å². The molecule has 3 heterocycles. The van der Waals surface area contributed by atoms with Crippen LogP contribution >= 0.6 is 11.8 Å². The maximum atomic E-state index is 5.18. The van der Waals surface area contributed by atoms with Gasteiger partial charge in [-0.3, -0.25) is 4.98 Å². The SMILES string of the molecule is Cc1ccnc(-c2cccc(-c3ccc(-c4cccc5c4-c4ccc(-c6nc(C)cc(-c7ccccc7)n6)cc4C54c5ccccc5Sc5ccccc54)cc3)c2)c1. The van der Waals surface area contributed by atoms with Gasteiger partial charge in [0.2, 0.25) is 0 Å². The highest BCUT2D eigenvalue weighted by Crippen LogP contribution is 2.63. The Morgan fingerprint density at radius 1 is 0.414 bits per heavy atom. The Balaban J connectivity index is 1.10. The summed E-state index contributed by atoms with van der Waals surface area (Å²) in [5.74, 6) is 0.734. The first-order valence-electron chi connectivity index (χ1n) is 19.8. The molecule has 0 bridgehead atoms. The second-order valence-corrected chi connectivity index (χ2v) is 16.4. The van der Waals surface area contributed by atoms with Crippen molar-refractivity contribution in [1.29, 1.82) is 0 Å².